The molecule has 1 atom stereocenters. The van der Waals surface area contributed by atoms with E-state index in [-0.39, 0.29) is 30.3 Å². The summed E-state index contributed by atoms with van der Waals surface area (Å²) in [5.74, 6) is 0.808. The number of hydrogen-bond donors (Lipinski definition) is 0. The predicted octanol–water partition coefficient (Wildman–Crippen LogP) is 5.85. The van der Waals surface area contributed by atoms with Crippen LogP contribution in [0.25, 0.3) is 27.8 Å². The molecule has 0 unspecified atom stereocenters. The molecule has 0 saturated carbocycles. The van der Waals surface area contributed by atoms with Crippen LogP contribution in [0.4, 0.5) is 10.2 Å². The van der Waals surface area contributed by atoms with Crippen LogP contribution in [-0.2, 0) is 11.4 Å². The van der Waals surface area contributed by atoms with Gasteiger partial charge in [0.05, 0.1) is 15.4 Å². The number of thiazole rings is 1. The minimum Gasteiger partial charge on any atom is -0.486 e. The summed E-state index contributed by atoms with van der Waals surface area (Å²) in [7, 11) is 0. The van der Waals surface area contributed by atoms with E-state index in [1.165, 1.54) is 22.0 Å². The van der Waals surface area contributed by atoms with Gasteiger partial charge in [0.1, 0.15) is 23.8 Å². The van der Waals surface area contributed by atoms with Crippen LogP contribution < -0.4 is 15.3 Å². The number of benzene rings is 2. The zero-order chi connectivity index (χ0) is 29.2. The fourth-order valence-electron chi connectivity index (χ4n) is 5.77. The smallest absolute Gasteiger partial charge is 0.356 e. The Labute approximate surface area is 245 Å². The number of fused-ring (bicyclic) bond motifs is 5. The van der Waals surface area contributed by atoms with Crippen molar-refractivity contribution in [1.29, 1.82) is 0 Å². The first-order valence-corrected chi connectivity index (χ1v) is 14.7. The number of ether oxygens (including phenoxy) is 1. The van der Waals surface area contributed by atoms with Crippen molar-refractivity contribution in [2.24, 2.45) is 0 Å². The van der Waals surface area contributed by atoms with E-state index in [0.717, 1.165) is 4.88 Å². The van der Waals surface area contributed by atoms with Crippen LogP contribution in [0.5, 0.6) is 5.75 Å². The standard InChI is InChI=1S/C30H29ClFN5O3S/c1-6-21(38)35-9-10-36(17(5)12-35)28-19-11-20(31)23-22-18(8-7-16(4)24(22)32)13-40-26(23)25(19)37(30(39)34-28)29-27(15(2)3)41-14-33-29/h6-8,11,14-15,17H,1,9-10,12-13H2,2-5H3/t17-/m0/s1. The molecule has 2 aromatic carbocycles. The van der Waals surface area contributed by atoms with Crippen molar-refractivity contribution in [2.45, 2.75) is 46.3 Å². The maximum atomic E-state index is 15.7. The van der Waals surface area contributed by atoms with Gasteiger partial charge < -0.3 is 14.5 Å². The Morgan fingerprint density at radius 3 is 2.76 bits per heavy atom. The largest absolute Gasteiger partial charge is 0.486 e. The van der Waals surface area contributed by atoms with Crippen molar-refractivity contribution in [3.63, 3.8) is 0 Å². The minimum atomic E-state index is -0.527. The predicted molar refractivity (Wildman–Crippen MR) is 160 cm³/mol. The molecule has 6 rings (SSSR count). The third-order valence-corrected chi connectivity index (χ3v) is 9.22. The highest BCUT2D eigenvalue weighted by Gasteiger charge is 2.34. The normalized spacial score (nSPS) is 16.5. The lowest BCUT2D eigenvalue weighted by Crippen LogP contribution is -2.54. The van der Waals surface area contributed by atoms with Gasteiger partial charge in [0.25, 0.3) is 0 Å². The van der Waals surface area contributed by atoms with Gasteiger partial charge in [-0.25, -0.2) is 18.7 Å². The first-order valence-electron chi connectivity index (χ1n) is 13.4. The number of aryl methyl sites for hydroxylation is 1. The number of amides is 1. The van der Waals surface area contributed by atoms with Gasteiger partial charge >= 0.3 is 5.69 Å². The van der Waals surface area contributed by atoms with E-state index < -0.39 is 5.69 Å². The van der Waals surface area contributed by atoms with Crippen molar-refractivity contribution < 1.29 is 13.9 Å². The number of aromatic nitrogens is 3. The molecule has 41 heavy (non-hydrogen) atoms. The maximum absolute atomic E-state index is 15.7. The third kappa shape index (κ3) is 4.31. The highest BCUT2D eigenvalue weighted by molar-refractivity contribution is 7.10. The average molecular weight is 594 g/mol. The van der Waals surface area contributed by atoms with Crippen LogP contribution in [0.15, 0.2) is 41.2 Å². The molecule has 212 valence electrons. The van der Waals surface area contributed by atoms with Gasteiger partial charge in [0.15, 0.2) is 11.6 Å². The molecule has 1 saturated heterocycles. The Morgan fingerprint density at radius 2 is 2.05 bits per heavy atom. The van der Waals surface area contributed by atoms with Crippen molar-refractivity contribution in [3.8, 4) is 22.7 Å². The van der Waals surface area contributed by atoms with Crippen LogP contribution >= 0.6 is 22.9 Å². The van der Waals surface area contributed by atoms with E-state index in [1.54, 1.807) is 29.5 Å². The fourth-order valence-corrected chi connectivity index (χ4v) is 6.85. The van der Waals surface area contributed by atoms with Crippen LogP contribution in [0, 0.1) is 12.7 Å². The quantitative estimate of drug-likeness (QED) is 0.276. The Morgan fingerprint density at radius 1 is 1.27 bits per heavy atom. The van der Waals surface area contributed by atoms with Crippen LogP contribution in [0.3, 0.4) is 0 Å². The molecule has 4 aromatic rings. The molecule has 0 spiro atoms. The highest BCUT2D eigenvalue weighted by Crippen LogP contribution is 2.49. The number of carbonyl (C=O) groups excluding carboxylic acids is 1. The Bertz CT molecular complexity index is 1800. The molecule has 2 aliphatic rings. The molecule has 1 amide bonds. The Kier molecular flexibility index (Phi) is 6.86. The zero-order valence-corrected chi connectivity index (χ0v) is 24.8. The number of rotatable bonds is 4. The van der Waals surface area contributed by atoms with Crippen LogP contribution in [0.1, 0.15) is 42.7 Å². The highest BCUT2D eigenvalue weighted by atomic mass is 35.5. The molecule has 0 aliphatic carbocycles. The topological polar surface area (TPSA) is 80.6 Å². The summed E-state index contributed by atoms with van der Waals surface area (Å²) in [6.45, 7) is 12.8. The number of hydrogen-bond acceptors (Lipinski definition) is 7. The van der Waals surface area contributed by atoms with Crippen molar-refractivity contribution in [3.05, 3.63) is 73.7 Å². The number of halogens is 2. The Balaban J connectivity index is 1.67. The third-order valence-electron chi connectivity index (χ3n) is 7.80. The van der Waals surface area contributed by atoms with Crippen molar-refractivity contribution in [2.75, 3.05) is 24.5 Å². The Hall–Kier alpha value is -3.76. The first-order chi connectivity index (χ1) is 19.6. The molecule has 0 bridgehead atoms. The van der Waals surface area contributed by atoms with Crippen molar-refractivity contribution in [1.82, 2.24) is 19.4 Å². The molecular formula is C30H29ClFN5O3S. The molecule has 8 nitrogen and oxygen atoms in total. The average Bonchev–Trinajstić information content (AvgIpc) is 3.44. The molecule has 1 fully saturated rings. The molecule has 2 aromatic heterocycles. The molecule has 11 heteroatoms. The lowest BCUT2D eigenvalue weighted by molar-refractivity contribution is -0.126. The summed E-state index contributed by atoms with van der Waals surface area (Å²) in [5, 5.41) is 0.879. The summed E-state index contributed by atoms with van der Waals surface area (Å²) in [6.07, 6.45) is 1.31. The number of nitrogens with zero attached hydrogens (tertiary/aromatic N) is 5. The zero-order valence-electron chi connectivity index (χ0n) is 23.2. The summed E-state index contributed by atoms with van der Waals surface area (Å²) < 4.78 is 23.5. The number of piperazine rings is 1. The first kappa shape index (κ1) is 27.4. The fraction of sp³-hybridized carbons (Fsp3) is 0.333. The number of anilines is 1. The van der Waals surface area contributed by atoms with Gasteiger partial charge in [-0.2, -0.15) is 4.98 Å². The van der Waals surface area contributed by atoms with Crippen molar-refractivity contribution >= 4 is 45.6 Å². The second kappa shape index (κ2) is 10.3. The summed E-state index contributed by atoms with van der Waals surface area (Å²) in [6, 6.07) is 5.15. The lowest BCUT2D eigenvalue weighted by atomic mass is 9.93. The lowest BCUT2D eigenvalue weighted by Gasteiger charge is -2.40. The SMILES string of the molecule is C=CC(=O)N1CCN(c2nc(=O)n(-c3ncsc3C(C)C)c3c4c(c(Cl)cc23)-c2c(ccc(C)c2F)CO4)[C@@H](C)C1. The summed E-state index contributed by atoms with van der Waals surface area (Å²) in [4.78, 5) is 40.1. The number of carbonyl (C=O) groups is 1. The molecule has 0 radical (unpaired) electrons. The summed E-state index contributed by atoms with van der Waals surface area (Å²) >= 11 is 8.40. The monoisotopic (exact) mass is 593 g/mol. The van der Waals surface area contributed by atoms with E-state index in [9.17, 15) is 9.59 Å². The van der Waals surface area contributed by atoms with Gasteiger partial charge in [-0.05, 0) is 37.5 Å². The van der Waals surface area contributed by atoms with E-state index in [2.05, 4.69) is 16.5 Å². The van der Waals surface area contributed by atoms with Gasteiger partial charge in [-0.15, -0.1) is 11.3 Å². The van der Waals surface area contributed by atoms with Gasteiger partial charge in [-0.1, -0.05) is 44.2 Å². The van der Waals surface area contributed by atoms with E-state index in [0.29, 0.717) is 75.2 Å². The van der Waals surface area contributed by atoms with E-state index >= 15 is 4.39 Å². The van der Waals surface area contributed by atoms with E-state index in [1.807, 2.05) is 31.7 Å². The molecule has 4 heterocycles. The van der Waals surface area contributed by atoms with Crippen LogP contribution in [0.2, 0.25) is 5.02 Å². The van der Waals surface area contributed by atoms with Gasteiger partial charge in [-0.3, -0.25) is 4.79 Å². The molecular weight excluding hydrogens is 565 g/mol. The minimum absolute atomic E-state index is 0.0967. The second-order valence-electron chi connectivity index (χ2n) is 10.8. The van der Waals surface area contributed by atoms with Gasteiger partial charge in [0.2, 0.25) is 5.91 Å². The van der Waals surface area contributed by atoms with Crippen LogP contribution in [-0.4, -0.2) is 51.0 Å². The molecule has 2 aliphatic heterocycles. The molecule has 0 N–H and O–H groups in total. The summed E-state index contributed by atoms with van der Waals surface area (Å²) in [5.41, 5.74) is 3.57. The van der Waals surface area contributed by atoms with E-state index in [4.69, 9.17) is 16.3 Å². The maximum Gasteiger partial charge on any atom is 0.356 e. The second-order valence-corrected chi connectivity index (χ2v) is 12.1. The van der Waals surface area contributed by atoms with Gasteiger partial charge in [0, 0.05) is 47.8 Å².